The van der Waals surface area contributed by atoms with Crippen LogP contribution in [0.25, 0.3) is 33.2 Å². The molecule has 5 aromatic rings. The number of nitrogens with one attached hydrogen (secondary N) is 2. The zero-order valence-electron chi connectivity index (χ0n) is 17.8. The van der Waals surface area contributed by atoms with Gasteiger partial charge in [-0.25, -0.2) is 14.4 Å². The first-order chi connectivity index (χ1) is 16.1. The van der Waals surface area contributed by atoms with Crippen molar-refractivity contribution >= 4 is 28.4 Å². The minimum absolute atomic E-state index is 0.0970. The van der Waals surface area contributed by atoms with Gasteiger partial charge >= 0.3 is 0 Å². The van der Waals surface area contributed by atoms with E-state index in [-0.39, 0.29) is 17.9 Å². The van der Waals surface area contributed by atoms with Crippen molar-refractivity contribution in [3.8, 4) is 28.4 Å². The Bertz CT molecular complexity index is 1460. The molecular formula is C24H19FN4O4. The number of benzene rings is 2. The van der Waals surface area contributed by atoms with E-state index in [0.717, 1.165) is 11.0 Å². The molecule has 0 unspecified atom stereocenters. The highest BCUT2D eigenvalue weighted by atomic mass is 19.1. The minimum atomic E-state index is -0.570. The number of imidazole rings is 1. The van der Waals surface area contributed by atoms with Crippen LogP contribution < -0.4 is 14.2 Å². The van der Waals surface area contributed by atoms with Crippen LogP contribution in [0.15, 0.2) is 48.8 Å². The van der Waals surface area contributed by atoms with Crippen LogP contribution in [0.5, 0.6) is 17.2 Å². The van der Waals surface area contributed by atoms with E-state index in [1.54, 1.807) is 0 Å². The Hall–Kier alpha value is -4.40. The lowest BCUT2D eigenvalue weighted by atomic mass is 9.99. The summed E-state index contributed by atoms with van der Waals surface area (Å²) in [4.78, 5) is 26.4. The van der Waals surface area contributed by atoms with Crippen LogP contribution in [0.4, 0.5) is 4.39 Å². The van der Waals surface area contributed by atoms with Crippen LogP contribution in [0.2, 0.25) is 0 Å². The molecule has 5 rings (SSSR count). The number of methoxy groups -OCH3 is 2. The van der Waals surface area contributed by atoms with Crippen molar-refractivity contribution in [3.63, 3.8) is 0 Å². The van der Waals surface area contributed by atoms with Crippen molar-refractivity contribution in [2.75, 3.05) is 14.2 Å². The van der Waals surface area contributed by atoms with Gasteiger partial charge in [-0.2, -0.15) is 0 Å². The van der Waals surface area contributed by atoms with Crippen LogP contribution in [0, 0.1) is 5.82 Å². The molecule has 0 fully saturated rings. The summed E-state index contributed by atoms with van der Waals surface area (Å²) in [5, 5.41) is 0.459. The fourth-order valence-corrected chi connectivity index (χ4v) is 3.84. The van der Waals surface area contributed by atoms with E-state index < -0.39 is 5.82 Å². The average Bonchev–Trinajstić information content (AvgIpc) is 3.45. The molecule has 0 saturated heterocycles. The van der Waals surface area contributed by atoms with Crippen molar-refractivity contribution in [1.82, 2.24) is 19.9 Å². The third-order valence-electron chi connectivity index (χ3n) is 5.37. The standard InChI is InChI=1S/C24H19FN4O4/c1-31-18-7-14(23-20(32-2)10-27-24-22(23)13(11-30)9-26-24)15(25)8-19(18)33-12-21-28-16-5-3-4-6-17(16)29-21/h3-11H,12H2,1-2H3,(H,26,27)(H,28,29). The Morgan fingerprint density at radius 3 is 2.67 bits per heavy atom. The zero-order valence-corrected chi connectivity index (χ0v) is 17.8. The SMILES string of the molecule is COc1cc(-c2c(OC)cnc3[nH]cc(C=O)c23)c(F)cc1OCc1nc2ccccc2[nH]1. The Morgan fingerprint density at radius 1 is 1.09 bits per heavy atom. The average molecular weight is 446 g/mol. The van der Waals surface area contributed by atoms with E-state index in [4.69, 9.17) is 14.2 Å². The first-order valence-electron chi connectivity index (χ1n) is 10.1. The van der Waals surface area contributed by atoms with Gasteiger partial charge < -0.3 is 24.2 Å². The molecule has 3 heterocycles. The van der Waals surface area contributed by atoms with Crippen molar-refractivity contribution in [2.24, 2.45) is 0 Å². The molecule has 0 saturated carbocycles. The third kappa shape index (κ3) is 3.53. The van der Waals surface area contributed by atoms with E-state index in [1.807, 2.05) is 24.3 Å². The van der Waals surface area contributed by atoms with Crippen LogP contribution in [0.3, 0.4) is 0 Å². The number of aromatic nitrogens is 4. The molecular weight excluding hydrogens is 427 g/mol. The molecule has 0 amide bonds. The zero-order chi connectivity index (χ0) is 22.9. The maximum Gasteiger partial charge on any atom is 0.164 e. The Kier molecular flexibility index (Phi) is 5.14. The second kappa shape index (κ2) is 8.27. The normalized spacial score (nSPS) is 11.1. The van der Waals surface area contributed by atoms with Gasteiger partial charge in [0.05, 0.1) is 31.4 Å². The maximum absolute atomic E-state index is 15.4. The van der Waals surface area contributed by atoms with Gasteiger partial charge in [0.1, 0.15) is 29.6 Å². The van der Waals surface area contributed by atoms with Gasteiger partial charge in [0.15, 0.2) is 17.8 Å². The van der Waals surface area contributed by atoms with Gasteiger partial charge in [-0.05, 0) is 18.2 Å². The fraction of sp³-hybridized carbons (Fsp3) is 0.125. The number of H-pyrrole nitrogens is 2. The number of ether oxygens (including phenoxy) is 3. The van der Waals surface area contributed by atoms with Crippen LogP contribution in [-0.4, -0.2) is 40.4 Å². The number of fused-ring (bicyclic) bond motifs is 2. The molecule has 166 valence electrons. The summed E-state index contributed by atoms with van der Waals surface area (Å²) in [6.45, 7) is 0.0970. The molecule has 33 heavy (non-hydrogen) atoms. The largest absolute Gasteiger partial charge is 0.494 e. The molecule has 0 atom stereocenters. The number of rotatable bonds is 7. The summed E-state index contributed by atoms with van der Waals surface area (Å²) in [6.07, 6.45) is 3.68. The number of carbonyl (C=O) groups is 1. The summed E-state index contributed by atoms with van der Waals surface area (Å²) >= 11 is 0. The molecule has 8 nitrogen and oxygen atoms in total. The van der Waals surface area contributed by atoms with E-state index in [2.05, 4.69) is 19.9 Å². The number of hydrogen-bond acceptors (Lipinski definition) is 6. The van der Waals surface area contributed by atoms with Gasteiger partial charge in [0.2, 0.25) is 0 Å². The summed E-state index contributed by atoms with van der Waals surface area (Å²) in [5.74, 6) is 0.885. The number of halogens is 1. The van der Waals surface area contributed by atoms with Gasteiger partial charge in [0, 0.05) is 34.3 Å². The van der Waals surface area contributed by atoms with E-state index in [9.17, 15) is 4.79 Å². The summed E-state index contributed by atoms with van der Waals surface area (Å²) in [6, 6.07) is 10.4. The Labute approximate surface area is 187 Å². The quantitative estimate of drug-likeness (QED) is 0.353. The highest BCUT2D eigenvalue weighted by Crippen LogP contribution is 2.42. The second-order valence-electron chi connectivity index (χ2n) is 7.26. The van der Waals surface area contributed by atoms with Crippen LogP contribution in [0.1, 0.15) is 16.2 Å². The highest BCUT2D eigenvalue weighted by molar-refractivity contribution is 6.06. The van der Waals surface area contributed by atoms with Crippen molar-refractivity contribution in [2.45, 2.75) is 6.61 Å². The van der Waals surface area contributed by atoms with Gasteiger partial charge in [-0.3, -0.25) is 4.79 Å². The Balaban J connectivity index is 1.56. The minimum Gasteiger partial charge on any atom is -0.494 e. The second-order valence-corrected chi connectivity index (χ2v) is 7.26. The number of nitrogens with zero attached hydrogens (tertiary/aromatic N) is 2. The topological polar surface area (TPSA) is 102 Å². The molecule has 2 N–H and O–H groups in total. The number of aldehydes is 1. The van der Waals surface area contributed by atoms with Crippen molar-refractivity contribution in [1.29, 1.82) is 0 Å². The molecule has 9 heteroatoms. The van der Waals surface area contributed by atoms with Crippen LogP contribution in [-0.2, 0) is 6.61 Å². The molecule has 0 radical (unpaired) electrons. The Morgan fingerprint density at radius 2 is 1.91 bits per heavy atom. The molecule has 0 aliphatic rings. The van der Waals surface area contributed by atoms with Gasteiger partial charge in [-0.15, -0.1) is 0 Å². The fourth-order valence-electron chi connectivity index (χ4n) is 3.84. The maximum atomic E-state index is 15.4. The number of aromatic amines is 2. The molecule has 0 aliphatic heterocycles. The lowest BCUT2D eigenvalue weighted by Gasteiger charge is -2.15. The molecule has 0 aliphatic carbocycles. The first-order valence-corrected chi connectivity index (χ1v) is 10.1. The summed E-state index contributed by atoms with van der Waals surface area (Å²) < 4.78 is 32.1. The highest BCUT2D eigenvalue weighted by Gasteiger charge is 2.22. The van der Waals surface area contributed by atoms with E-state index in [1.165, 1.54) is 38.7 Å². The smallest absolute Gasteiger partial charge is 0.164 e. The number of para-hydroxylation sites is 2. The van der Waals surface area contributed by atoms with Gasteiger partial charge in [0.25, 0.3) is 0 Å². The number of pyridine rings is 1. The lowest BCUT2D eigenvalue weighted by Crippen LogP contribution is -2.01. The monoisotopic (exact) mass is 446 g/mol. The van der Waals surface area contributed by atoms with Crippen molar-refractivity contribution in [3.05, 3.63) is 66.0 Å². The van der Waals surface area contributed by atoms with Crippen LogP contribution >= 0.6 is 0 Å². The molecule has 3 aromatic heterocycles. The van der Waals surface area contributed by atoms with E-state index in [0.29, 0.717) is 45.8 Å². The number of hydrogen-bond donors (Lipinski definition) is 2. The molecule has 2 aromatic carbocycles. The predicted molar refractivity (Wildman–Crippen MR) is 120 cm³/mol. The third-order valence-corrected chi connectivity index (χ3v) is 5.37. The van der Waals surface area contributed by atoms with Crippen molar-refractivity contribution < 1.29 is 23.4 Å². The first kappa shape index (κ1) is 20.5. The molecule has 0 spiro atoms. The van der Waals surface area contributed by atoms with E-state index >= 15 is 4.39 Å². The summed E-state index contributed by atoms with van der Waals surface area (Å²) in [5.41, 5.74) is 3.07. The number of carbonyl (C=O) groups excluding carboxylic acids is 1. The lowest BCUT2D eigenvalue weighted by molar-refractivity contribution is 0.112. The summed E-state index contributed by atoms with van der Waals surface area (Å²) in [7, 11) is 2.93. The molecule has 0 bridgehead atoms. The predicted octanol–water partition coefficient (Wildman–Crippen LogP) is 4.65. The van der Waals surface area contributed by atoms with Gasteiger partial charge in [-0.1, -0.05) is 12.1 Å².